The predicted octanol–water partition coefficient (Wildman–Crippen LogP) is 5.43. The Balaban J connectivity index is 1.88. The zero-order valence-corrected chi connectivity index (χ0v) is 15.5. The van der Waals surface area contributed by atoms with Crippen LogP contribution in [0.5, 0.6) is 0 Å². The summed E-state index contributed by atoms with van der Waals surface area (Å²) in [4.78, 5) is 14.5. The van der Waals surface area contributed by atoms with Crippen LogP contribution < -0.4 is 0 Å². The number of hydrogen-bond acceptors (Lipinski definition) is 2. The summed E-state index contributed by atoms with van der Waals surface area (Å²) < 4.78 is 44.7. The molecular formula is C20H26F3NO2. The number of rotatable bonds is 2. The summed E-state index contributed by atoms with van der Waals surface area (Å²) in [6.45, 7) is 6.09. The molecule has 0 bridgehead atoms. The third-order valence-corrected chi connectivity index (χ3v) is 5.54. The Morgan fingerprint density at radius 2 is 2.00 bits per heavy atom. The van der Waals surface area contributed by atoms with Crippen molar-refractivity contribution < 1.29 is 22.7 Å². The molecule has 1 aromatic rings. The van der Waals surface area contributed by atoms with E-state index in [4.69, 9.17) is 4.74 Å². The first kappa shape index (κ1) is 19.1. The van der Waals surface area contributed by atoms with Crippen LogP contribution in [0.1, 0.15) is 57.6 Å². The number of hydrogen-bond donors (Lipinski definition) is 0. The fraction of sp³-hybridized carbons (Fsp3) is 0.650. The molecule has 1 saturated carbocycles. The van der Waals surface area contributed by atoms with E-state index in [0.29, 0.717) is 24.4 Å². The number of benzene rings is 1. The van der Waals surface area contributed by atoms with Crippen LogP contribution in [0.25, 0.3) is 0 Å². The van der Waals surface area contributed by atoms with Crippen LogP contribution in [0.2, 0.25) is 0 Å². The number of ether oxygens (including phenoxy) is 1. The minimum Gasteiger partial charge on any atom is -0.444 e. The number of carbonyl (C=O) groups excluding carboxylic acids is 1. The molecular weight excluding hydrogens is 343 g/mol. The Hall–Kier alpha value is -1.72. The molecule has 1 aliphatic carbocycles. The molecule has 1 heterocycles. The molecule has 0 aromatic heterocycles. The van der Waals surface area contributed by atoms with Crippen molar-refractivity contribution in [2.75, 3.05) is 6.54 Å². The summed E-state index contributed by atoms with van der Waals surface area (Å²) in [6.07, 6.45) is -0.565. The normalized spacial score (nSPS) is 26.1. The molecule has 26 heavy (non-hydrogen) atoms. The summed E-state index contributed by atoms with van der Waals surface area (Å²) in [6, 6.07) is 5.49. The molecule has 1 amide bonds. The fourth-order valence-corrected chi connectivity index (χ4v) is 4.53. The van der Waals surface area contributed by atoms with Gasteiger partial charge in [-0.05, 0) is 64.0 Å². The van der Waals surface area contributed by atoms with E-state index in [1.54, 1.807) is 11.0 Å². The average molecular weight is 369 g/mol. The highest BCUT2D eigenvalue weighted by molar-refractivity contribution is 5.70. The van der Waals surface area contributed by atoms with Crippen molar-refractivity contribution in [3.05, 3.63) is 35.4 Å². The SMILES string of the molecule is CC(C)(C)OC(=O)N1CC[C@@H]2CCC[C@@]21Cc1cccc(C(F)(F)F)c1. The van der Waals surface area contributed by atoms with Crippen molar-refractivity contribution in [3.8, 4) is 0 Å². The molecule has 0 spiro atoms. The van der Waals surface area contributed by atoms with Crippen LogP contribution in [0.15, 0.2) is 24.3 Å². The average Bonchev–Trinajstić information content (AvgIpc) is 3.02. The van der Waals surface area contributed by atoms with E-state index in [0.717, 1.165) is 31.7 Å². The van der Waals surface area contributed by atoms with Gasteiger partial charge in [0.15, 0.2) is 0 Å². The lowest BCUT2D eigenvalue weighted by Crippen LogP contribution is -2.51. The standard InChI is InChI=1S/C20H26F3NO2/c1-18(2,3)26-17(25)24-11-9-15-8-5-10-19(15,24)13-14-6-4-7-16(12-14)20(21,22)23/h4,6-7,12,15H,5,8-11,13H2,1-3H3/t15-,19+/m0/s1. The quantitative estimate of drug-likeness (QED) is 0.696. The van der Waals surface area contributed by atoms with Crippen LogP contribution in [0, 0.1) is 5.92 Å². The van der Waals surface area contributed by atoms with Gasteiger partial charge in [-0.1, -0.05) is 24.6 Å². The minimum absolute atomic E-state index is 0.324. The fourth-order valence-electron chi connectivity index (χ4n) is 4.53. The third-order valence-electron chi connectivity index (χ3n) is 5.54. The monoisotopic (exact) mass is 369 g/mol. The lowest BCUT2D eigenvalue weighted by molar-refractivity contribution is -0.137. The smallest absolute Gasteiger partial charge is 0.416 e. The highest BCUT2D eigenvalue weighted by Gasteiger charge is 2.54. The first-order valence-corrected chi connectivity index (χ1v) is 9.18. The van der Waals surface area contributed by atoms with Crippen molar-refractivity contribution in [1.82, 2.24) is 4.90 Å². The van der Waals surface area contributed by atoms with E-state index in [2.05, 4.69) is 0 Å². The first-order chi connectivity index (χ1) is 12.0. The summed E-state index contributed by atoms with van der Waals surface area (Å²) in [5, 5.41) is 0. The van der Waals surface area contributed by atoms with Crippen LogP contribution >= 0.6 is 0 Å². The Kier molecular flexibility index (Phi) is 4.74. The van der Waals surface area contributed by atoms with Gasteiger partial charge < -0.3 is 9.64 Å². The van der Waals surface area contributed by atoms with Crippen LogP contribution in [-0.2, 0) is 17.3 Å². The molecule has 0 unspecified atom stereocenters. The third kappa shape index (κ3) is 3.69. The van der Waals surface area contributed by atoms with Crippen molar-refractivity contribution in [3.63, 3.8) is 0 Å². The lowest BCUT2D eigenvalue weighted by Gasteiger charge is -2.39. The van der Waals surface area contributed by atoms with Crippen LogP contribution in [-0.4, -0.2) is 28.7 Å². The summed E-state index contributed by atoms with van der Waals surface area (Å²) in [5.41, 5.74) is -1.03. The molecule has 144 valence electrons. The molecule has 2 fully saturated rings. The molecule has 2 atom stereocenters. The van der Waals surface area contributed by atoms with Gasteiger partial charge in [0.2, 0.25) is 0 Å². The van der Waals surface area contributed by atoms with Crippen molar-refractivity contribution in [2.45, 2.75) is 70.2 Å². The first-order valence-electron chi connectivity index (χ1n) is 9.18. The molecule has 1 aromatic carbocycles. The van der Waals surface area contributed by atoms with E-state index >= 15 is 0 Å². The molecule has 6 heteroatoms. The maximum Gasteiger partial charge on any atom is 0.416 e. The number of carbonyl (C=O) groups is 1. The summed E-state index contributed by atoms with van der Waals surface area (Å²) in [7, 11) is 0. The van der Waals surface area contributed by atoms with E-state index in [1.807, 2.05) is 20.8 Å². The maximum absolute atomic E-state index is 13.1. The second kappa shape index (κ2) is 6.46. The van der Waals surface area contributed by atoms with Crippen LogP contribution in [0.3, 0.4) is 0 Å². The summed E-state index contributed by atoms with van der Waals surface area (Å²) >= 11 is 0. The predicted molar refractivity (Wildman–Crippen MR) is 92.8 cm³/mol. The Morgan fingerprint density at radius 3 is 2.65 bits per heavy atom. The molecule has 2 aliphatic rings. The Morgan fingerprint density at radius 1 is 1.27 bits per heavy atom. The van der Waals surface area contributed by atoms with Gasteiger partial charge in [-0.25, -0.2) is 4.79 Å². The number of likely N-dealkylation sites (tertiary alicyclic amines) is 1. The molecule has 1 saturated heterocycles. The number of halogens is 3. The second-order valence-corrected chi connectivity index (χ2v) is 8.49. The number of alkyl halides is 3. The van der Waals surface area contributed by atoms with E-state index in [-0.39, 0.29) is 6.09 Å². The van der Waals surface area contributed by atoms with Crippen molar-refractivity contribution in [2.24, 2.45) is 5.92 Å². The largest absolute Gasteiger partial charge is 0.444 e. The summed E-state index contributed by atoms with van der Waals surface area (Å²) in [5.74, 6) is 0.324. The topological polar surface area (TPSA) is 29.5 Å². The van der Waals surface area contributed by atoms with Crippen molar-refractivity contribution in [1.29, 1.82) is 0 Å². The zero-order chi connectivity index (χ0) is 19.2. The second-order valence-electron chi connectivity index (χ2n) is 8.49. The van der Waals surface area contributed by atoms with Gasteiger partial charge in [-0.15, -0.1) is 0 Å². The van der Waals surface area contributed by atoms with E-state index in [1.165, 1.54) is 12.1 Å². The van der Waals surface area contributed by atoms with Gasteiger partial charge >= 0.3 is 12.3 Å². The Bertz CT molecular complexity index is 680. The Labute approximate surface area is 152 Å². The highest BCUT2D eigenvalue weighted by atomic mass is 19.4. The number of nitrogens with zero attached hydrogens (tertiary/aromatic N) is 1. The van der Waals surface area contributed by atoms with Gasteiger partial charge in [0, 0.05) is 6.54 Å². The maximum atomic E-state index is 13.1. The van der Waals surface area contributed by atoms with Gasteiger partial charge in [0.25, 0.3) is 0 Å². The number of amides is 1. The van der Waals surface area contributed by atoms with Gasteiger partial charge in [-0.3, -0.25) is 0 Å². The van der Waals surface area contributed by atoms with E-state index in [9.17, 15) is 18.0 Å². The lowest BCUT2D eigenvalue weighted by atomic mass is 9.82. The molecule has 3 nitrogen and oxygen atoms in total. The highest BCUT2D eigenvalue weighted by Crippen LogP contribution is 2.49. The molecule has 3 rings (SSSR count). The molecule has 0 radical (unpaired) electrons. The van der Waals surface area contributed by atoms with Crippen molar-refractivity contribution >= 4 is 6.09 Å². The van der Waals surface area contributed by atoms with Crippen LogP contribution in [0.4, 0.5) is 18.0 Å². The zero-order valence-electron chi connectivity index (χ0n) is 15.5. The molecule has 1 aliphatic heterocycles. The van der Waals surface area contributed by atoms with Gasteiger partial charge in [-0.2, -0.15) is 13.2 Å². The number of fused-ring (bicyclic) bond motifs is 1. The van der Waals surface area contributed by atoms with Gasteiger partial charge in [0.1, 0.15) is 5.60 Å². The molecule has 0 N–H and O–H groups in total. The minimum atomic E-state index is -4.36. The van der Waals surface area contributed by atoms with Gasteiger partial charge in [0.05, 0.1) is 11.1 Å². The van der Waals surface area contributed by atoms with E-state index < -0.39 is 22.9 Å².